The van der Waals surface area contributed by atoms with Gasteiger partial charge in [0.05, 0.1) is 5.69 Å². The van der Waals surface area contributed by atoms with Crippen LogP contribution in [0, 0.1) is 13.8 Å². The second-order valence-electron chi connectivity index (χ2n) is 5.01. The molecule has 1 aromatic heterocycles. The van der Waals surface area contributed by atoms with Crippen molar-refractivity contribution in [2.24, 2.45) is 0 Å². The molecule has 0 aliphatic rings. The number of amides is 1. The molecular formula is C16H19N3O4. The average Bonchev–Trinajstić information content (AvgIpc) is 2.86. The molecule has 0 radical (unpaired) electrons. The van der Waals surface area contributed by atoms with E-state index in [1.807, 2.05) is 38.1 Å². The van der Waals surface area contributed by atoms with Crippen molar-refractivity contribution in [2.45, 2.75) is 20.8 Å². The van der Waals surface area contributed by atoms with Crippen molar-refractivity contribution in [2.75, 3.05) is 23.8 Å². The first-order valence-electron chi connectivity index (χ1n) is 7.20. The highest BCUT2D eigenvalue weighted by atomic mass is 16.5. The molecule has 0 aliphatic heterocycles. The fourth-order valence-corrected chi connectivity index (χ4v) is 2.26. The van der Waals surface area contributed by atoms with Crippen LogP contribution >= 0.6 is 0 Å². The van der Waals surface area contributed by atoms with Crippen molar-refractivity contribution in [1.29, 1.82) is 0 Å². The van der Waals surface area contributed by atoms with E-state index in [2.05, 4.69) is 5.16 Å². The molecular weight excluding hydrogens is 298 g/mol. The van der Waals surface area contributed by atoms with Gasteiger partial charge in [-0.25, -0.2) is 4.79 Å². The van der Waals surface area contributed by atoms with Gasteiger partial charge in [0, 0.05) is 12.2 Å². The smallest absolute Gasteiger partial charge is 0.346 e. The molecule has 0 bridgehead atoms. The maximum atomic E-state index is 12.3. The summed E-state index contributed by atoms with van der Waals surface area (Å²) in [4.78, 5) is 25.9. The van der Waals surface area contributed by atoms with Crippen LogP contribution in [0.4, 0.5) is 11.6 Å². The molecule has 1 amide bonds. The van der Waals surface area contributed by atoms with Gasteiger partial charge >= 0.3 is 5.97 Å². The Morgan fingerprint density at radius 3 is 2.57 bits per heavy atom. The number of carbonyl (C=O) groups excluding carboxylic acids is 2. The lowest BCUT2D eigenvalue weighted by Gasteiger charge is -2.22. The lowest BCUT2D eigenvalue weighted by molar-refractivity contribution is -0.121. The Hall–Kier alpha value is -2.83. The van der Waals surface area contributed by atoms with Crippen LogP contribution in [0.5, 0.6) is 0 Å². The highest BCUT2D eigenvalue weighted by Crippen LogP contribution is 2.20. The van der Waals surface area contributed by atoms with Gasteiger partial charge in [-0.2, -0.15) is 0 Å². The van der Waals surface area contributed by atoms with E-state index in [0.29, 0.717) is 12.2 Å². The number of ether oxygens (including phenoxy) is 1. The molecule has 2 rings (SSSR count). The molecule has 0 atom stereocenters. The summed E-state index contributed by atoms with van der Waals surface area (Å²) < 4.78 is 9.75. The van der Waals surface area contributed by atoms with Crippen LogP contribution in [-0.4, -0.2) is 30.2 Å². The fourth-order valence-electron chi connectivity index (χ4n) is 2.26. The molecule has 0 saturated heterocycles. The topological polar surface area (TPSA) is 98.7 Å². The molecule has 1 heterocycles. The van der Waals surface area contributed by atoms with Crippen molar-refractivity contribution in [1.82, 2.24) is 5.16 Å². The van der Waals surface area contributed by atoms with E-state index in [-0.39, 0.29) is 24.0 Å². The number of esters is 1. The quantitative estimate of drug-likeness (QED) is 0.848. The molecule has 2 aromatic rings. The molecule has 7 nitrogen and oxygen atoms in total. The summed E-state index contributed by atoms with van der Waals surface area (Å²) in [6, 6.07) is 7.51. The number of nitrogens with zero attached hydrogens (tertiary/aromatic N) is 2. The van der Waals surface area contributed by atoms with Gasteiger partial charge in [-0.1, -0.05) is 23.4 Å². The molecule has 23 heavy (non-hydrogen) atoms. The van der Waals surface area contributed by atoms with E-state index >= 15 is 0 Å². The molecule has 0 aliphatic carbocycles. The Balaban J connectivity index is 2.06. The Bertz CT molecular complexity index is 704. The van der Waals surface area contributed by atoms with Crippen molar-refractivity contribution >= 4 is 23.4 Å². The third kappa shape index (κ3) is 3.50. The summed E-state index contributed by atoms with van der Waals surface area (Å²) in [6.45, 7) is 5.43. The Labute approximate surface area is 134 Å². The molecule has 2 N–H and O–H groups in total. The summed E-state index contributed by atoms with van der Waals surface area (Å²) in [5.74, 6) is -1.16. The minimum absolute atomic E-state index is 0.0525. The summed E-state index contributed by atoms with van der Waals surface area (Å²) in [7, 11) is 0. The minimum Gasteiger partial charge on any atom is -0.452 e. The standard InChI is InChI=1S/C16H19N3O4/c1-4-19(12-8-6-5-7-10(12)2)13(20)9-22-16(21)14-11(3)18-23-15(14)17/h5-8H,4,9,17H2,1-3H3. The number of benzene rings is 1. The predicted molar refractivity (Wildman–Crippen MR) is 85.1 cm³/mol. The maximum absolute atomic E-state index is 12.3. The largest absolute Gasteiger partial charge is 0.452 e. The fraction of sp³-hybridized carbons (Fsp3) is 0.312. The van der Waals surface area contributed by atoms with Crippen LogP contribution < -0.4 is 10.6 Å². The van der Waals surface area contributed by atoms with Crippen LogP contribution in [0.3, 0.4) is 0 Å². The van der Waals surface area contributed by atoms with E-state index in [4.69, 9.17) is 15.0 Å². The number of nitrogens with two attached hydrogens (primary N) is 1. The normalized spacial score (nSPS) is 10.4. The third-order valence-corrected chi connectivity index (χ3v) is 3.44. The number of aromatic nitrogens is 1. The molecule has 0 fully saturated rings. The minimum atomic E-state index is -0.726. The Morgan fingerprint density at radius 2 is 2.00 bits per heavy atom. The summed E-state index contributed by atoms with van der Waals surface area (Å²) in [5.41, 5.74) is 7.65. The van der Waals surface area contributed by atoms with E-state index < -0.39 is 5.97 Å². The van der Waals surface area contributed by atoms with Crippen molar-refractivity contribution in [3.8, 4) is 0 Å². The van der Waals surface area contributed by atoms with Gasteiger partial charge in [0.15, 0.2) is 6.61 Å². The van der Waals surface area contributed by atoms with Crippen LogP contribution in [0.25, 0.3) is 0 Å². The monoisotopic (exact) mass is 317 g/mol. The predicted octanol–water partition coefficient (Wildman–Crippen LogP) is 2.08. The zero-order chi connectivity index (χ0) is 17.0. The first kappa shape index (κ1) is 16.5. The number of hydrogen-bond acceptors (Lipinski definition) is 6. The number of aryl methyl sites for hydroxylation is 2. The van der Waals surface area contributed by atoms with Crippen molar-refractivity contribution < 1.29 is 18.8 Å². The van der Waals surface area contributed by atoms with Crippen LogP contribution in [-0.2, 0) is 9.53 Å². The average molecular weight is 317 g/mol. The maximum Gasteiger partial charge on any atom is 0.346 e. The molecule has 1 aromatic carbocycles. The molecule has 0 saturated carbocycles. The first-order chi connectivity index (χ1) is 11.0. The number of nitrogen functional groups attached to an aromatic ring is 1. The van der Waals surface area contributed by atoms with Crippen LogP contribution in [0.15, 0.2) is 28.8 Å². The van der Waals surface area contributed by atoms with E-state index in [1.165, 1.54) is 0 Å². The zero-order valence-corrected chi connectivity index (χ0v) is 13.3. The van der Waals surface area contributed by atoms with Gasteiger partial charge in [0.2, 0.25) is 5.88 Å². The van der Waals surface area contributed by atoms with Gasteiger partial charge < -0.3 is 19.9 Å². The SMILES string of the molecule is CCN(C(=O)COC(=O)c1c(C)noc1N)c1ccccc1C. The van der Waals surface area contributed by atoms with E-state index in [9.17, 15) is 9.59 Å². The van der Waals surface area contributed by atoms with Gasteiger partial charge in [-0.15, -0.1) is 0 Å². The van der Waals surface area contributed by atoms with Crippen molar-refractivity contribution in [3.63, 3.8) is 0 Å². The number of likely N-dealkylation sites (N-methyl/N-ethyl adjacent to an activating group) is 1. The van der Waals surface area contributed by atoms with Gasteiger partial charge in [0.1, 0.15) is 5.56 Å². The van der Waals surface area contributed by atoms with Gasteiger partial charge in [0.25, 0.3) is 5.91 Å². The summed E-state index contributed by atoms with van der Waals surface area (Å²) in [6.07, 6.45) is 0. The second kappa shape index (κ2) is 6.95. The van der Waals surface area contributed by atoms with E-state index in [0.717, 1.165) is 11.3 Å². The Kier molecular flexibility index (Phi) is 5.00. The molecule has 122 valence electrons. The van der Waals surface area contributed by atoms with E-state index in [1.54, 1.807) is 11.8 Å². The highest BCUT2D eigenvalue weighted by Gasteiger charge is 2.22. The van der Waals surface area contributed by atoms with Crippen molar-refractivity contribution in [3.05, 3.63) is 41.1 Å². The van der Waals surface area contributed by atoms with Gasteiger partial charge in [-0.05, 0) is 32.4 Å². The zero-order valence-electron chi connectivity index (χ0n) is 13.3. The molecule has 7 heteroatoms. The lowest BCUT2D eigenvalue weighted by atomic mass is 10.2. The van der Waals surface area contributed by atoms with Gasteiger partial charge in [-0.3, -0.25) is 4.79 Å². The summed E-state index contributed by atoms with van der Waals surface area (Å²) in [5, 5.41) is 3.58. The number of rotatable bonds is 5. The van der Waals surface area contributed by atoms with Crippen LogP contribution in [0.2, 0.25) is 0 Å². The lowest BCUT2D eigenvalue weighted by Crippen LogP contribution is -2.35. The number of anilines is 2. The third-order valence-electron chi connectivity index (χ3n) is 3.44. The second-order valence-corrected chi connectivity index (χ2v) is 5.01. The summed E-state index contributed by atoms with van der Waals surface area (Å²) >= 11 is 0. The first-order valence-corrected chi connectivity index (χ1v) is 7.20. The highest BCUT2D eigenvalue weighted by molar-refractivity contribution is 5.99. The van der Waals surface area contributed by atoms with Crippen LogP contribution in [0.1, 0.15) is 28.5 Å². The number of carbonyl (C=O) groups is 2. The number of hydrogen-bond donors (Lipinski definition) is 1. The Morgan fingerprint density at radius 1 is 1.30 bits per heavy atom. The molecule has 0 spiro atoms. The number of para-hydroxylation sites is 1. The molecule has 0 unspecified atom stereocenters.